The second-order valence-corrected chi connectivity index (χ2v) is 6.65. The van der Waals surface area contributed by atoms with Gasteiger partial charge in [-0.25, -0.2) is 4.79 Å². The van der Waals surface area contributed by atoms with E-state index in [0.29, 0.717) is 17.9 Å². The van der Waals surface area contributed by atoms with E-state index >= 15 is 0 Å². The van der Waals surface area contributed by atoms with E-state index in [4.69, 9.17) is 11.6 Å². The fourth-order valence-corrected chi connectivity index (χ4v) is 2.88. The van der Waals surface area contributed by atoms with E-state index in [9.17, 15) is 14.7 Å². The standard InChI is InChI=1S/C15H20ClNO3S/c1-4-15(5-2,14(19)20)17-13(18)10(3)21-12-8-6-11(16)7-9-12/h6-10H,4-5H2,1-3H3,(H,17,18)(H,19,20). The molecule has 0 saturated heterocycles. The van der Waals surface area contributed by atoms with Gasteiger partial charge in [-0.1, -0.05) is 25.4 Å². The molecule has 0 saturated carbocycles. The number of aliphatic carboxylic acids is 1. The lowest BCUT2D eigenvalue weighted by Crippen LogP contribution is -2.55. The molecule has 1 aromatic carbocycles. The molecule has 4 nitrogen and oxygen atoms in total. The van der Waals surface area contributed by atoms with Crippen LogP contribution in [0.1, 0.15) is 33.6 Å². The molecule has 0 heterocycles. The van der Waals surface area contributed by atoms with E-state index < -0.39 is 11.5 Å². The van der Waals surface area contributed by atoms with Gasteiger partial charge in [0.15, 0.2) is 0 Å². The molecule has 0 aliphatic heterocycles. The SMILES string of the molecule is CCC(CC)(NC(=O)C(C)Sc1ccc(Cl)cc1)C(=O)O. The van der Waals surface area contributed by atoms with Crippen molar-refractivity contribution in [3.05, 3.63) is 29.3 Å². The fraction of sp³-hybridized carbons (Fsp3) is 0.467. The largest absolute Gasteiger partial charge is 0.480 e. The molecule has 116 valence electrons. The van der Waals surface area contributed by atoms with Gasteiger partial charge in [-0.3, -0.25) is 4.79 Å². The zero-order valence-corrected chi connectivity index (χ0v) is 13.9. The molecule has 0 fully saturated rings. The molecule has 0 aromatic heterocycles. The summed E-state index contributed by atoms with van der Waals surface area (Å²) in [4.78, 5) is 24.5. The van der Waals surface area contributed by atoms with Crippen LogP contribution in [0.5, 0.6) is 0 Å². The van der Waals surface area contributed by atoms with E-state index in [-0.39, 0.29) is 11.2 Å². The topological polar surface area (TPSA) is 66.4 Å². The molecule has 21 heavy (non-hydrogen) atoms. The molecule has 0 radical (unpaired) electrons. The number of hydrogen-bond donors (Lipinski definition) is 2. The Morgan fingerprint density at radius 2 is 1.81 bits per heavy atom. The van der Waals surface area contributed by atoms with Gasteiger partial charge in [-0.05, 0) is 44.0 Å². The number of halogens is 1. The average Bonchev–Trinajstić information content (AvgIpc) is 2.46. The first-order chi connectivity index (χ1) is 9.84. The molecule has 1 unspecified atom stereocenters. The van der Waals surface area contributed by atoms with Crippen molar-refractivity contribution < 1.29 is 14.7 Å². The lowest BCUT2D eigenvalue weighted by molar-refractivity contribution is -0.148. The van der Waals surface area contributed by atoms with Crippen LogP contribution in [0.2, 0.25) is 5.02 Å². The Morgan fingerprint density at radius 3 is 2.24 bits per heavy atom. The second-order valence-electron chi connectivity index (χ2n) is 4.80. The number of benzene rings is 1. The van der Waals surface area contributed by atoms with Crippen LogP contribution in [-0.2, 0) is 9.59 Å². The van der Waals surface area contributed by atoms with E-state index in [0.717, 1.165) is 4.90 Å². The van der Waals surface area contributed by atoms with Crippen molar-refractivity contribution in [2.45, 2.75) is 49.3 Å². The Labute approximate surface area is 134 Å². The van der Waals surface area contributed by atoms with Crippen LogP contribution in [0.4, 0.5) is 0 Å². The lowest BCUT2D eigenvalue weighted by Gasteiger charge is -2.29. The van der Waals surface area contributed by atoms with Gasteiger partial charge < -0.3 is 10.4 Å². The van der Waals surface area contributed by atoms with Gasteiger partial charge in [-0.15, -0.1) is 11.8 Å². The lowest BCUT2D eigenvalue weighted by atomic mass is 9.93. The molecular formula is C15H20ClNO3S. The minimum absolute atomic E-state index is 0.277. The summed E-state index contributed by atoms with van der Waals surface area (Å²) in [5.74, 6) is -1.27. The average molecular weight is 330 g/mol. The summed E-state index contributed by atoms with van der Waals surface area (Å²) in [6, 6.07) is 7.18. The summed E-state index contributed by atoms with van der Waals surface area (Å²) in [5, 5.41) is 12.3. The summed E-state index contributed by atoms with van der Waals surface area (Å²) >= 11 is 7.19. The zero-order chi connectivity index (χ0) is 16.0. The molecule has 0 aliphatic carbocycles. The van der Waals surface area contributed by atoms with E-state index in [2.05, 4.69) is 5.32 Å². The van der Waals surface area contributed by atoms with Crippen LogP contribution in [0.15, 0.2) is 29.2 Å². The van der Waals surface area contributed by atoms with Crippen LogP contribution < -0.4 is 5.32 Å². The van der Waals surface area contributed by atoms with E-state index in [1.54, 1.807) is 32.9 Å². The summed E-state index contributed by atoms with van der Waals surface area (Å²) in [7, 11) is 0. The van der Waals surface area contributed by atoms with Crippen molar-refractivity contribution in [3.8, 4) is 0 Å². The third-order valence-corrected chi connectivity index (χ3v) is 4.84. The molecule has 2 N–H and O–H groups in total. The maximum atomic E-state index is 12.2. The summed E-state index contributed by atoms with van der Waals surface area (Å²) < 4.78 is 0. The Morgan fingerprint density at radius 1 is 1.29 bits per heavy atom. The number of amides is 1. The van der Waals surface area contributed by atoms with Gasteiger partial charge in [0, 0.05) is 9.92 Å². The van der Waals surface area contributed by atoms with Gasteiger partial charge in [0.1, 0.15) is 5.54 Å². The minimum Gasteiger partial charge on any atom is -0.480 e. The van der Waals surface area contributed by atoms with Crippen molar-refractivity contribution in [1.29, 1.82) is 0 Å². The first-order valence-electron chi connectivity index (χ1n) is 6.82. The zero-order valence-electron chi connectivity index (χ0n) is 12.4. The predicted octanol–water partition coefficient (Wildman–Crippen LogP) is 3.58. The monoisotopic (exact) mass is 329 g/mol. The number of nitrogens with one attached hydrogen (secondary N) is 1. The van der Waals surface area contributed by atoms with Crippen molar-refractivity contribution in [2.24, 2.45) is 0 Å². The van der Waals surface area contributed by atoms with Gasteiger partial charge in [0.25, 0.3) is 0 Å². The predicted molar refractivity (Wildman–Crippen MR) is 85.9 cm³/mol. The maximum Gasteiger partial charge on any atom is 0.329 e. The number of thioether (sulfide) groups is 1. The van der Waals surface area contributed by atoms with Crippen LogP contribution >= 0.6 is 23.4 Å². The second kappa shape index (κ2) is 7.71. The fourth-order valence-electron chi connectivity index (χ4n) is 1.89. The number of hydrogen-bond acceptors (Lipinski definition) is 3. The van der Waals surface area contributed by atoms with Crippen molar-refractivity contribution >= 4 is 35.2 Å². The highest BCUT2D eigenvalue weighted by Gasteiger charge is 2.37. The third kappa shape index (κ3) is 4.64. The number of carbonyl (C=O) groups is 2. The van der Waals surface area contributed by atoms with Crippen molar-refractivity contribution in [2.75, 3.05) is 0 Å². The van der Waals surface area contributed by atoms with E-state index in [1.165, 1.54) is 11.8 Å². The molecule has 6 heteroatoms. The molecule has 1 aromatic rings. The van der Waals surface area contributed by atoms with Crippen molar-refractivity contribution in [3.63, 3.8) is 0 Å². The van der Waals surface area contributed by atoms with Crippen LogP contribution in [0.3, 0.4) is 0 Å². The summed E-state index contributed by atoms with van der Waals surface area (Å²) in [6.07, 6.45) is 0.700. The van der Waals surface area contributed by atoms with Gasteiger partial charge in [0.2, 0.25) is 5.91 Å². The molecule has 0 aliphatic rings. The molecule has 1 rings (SSSR count). The van der Waals surface area contributed by atoms with Gasteiger partial charge in [0.05, 0.1) is 5.25 Å². The Balaban J connectivity index is 2.73. The summed E-state index contributed by atoms with van der Waals surface area (Å²) in [5.41, 5.74) is -1.19. The molecule has 1 atom stereocenters. The number of carbonyl (C=O) groups excluding carboxylic acids is 1. The molecule has 0 spiro atoms. The Bertz CT molecular complexity index is 500. The Hall–Kier alpha value is -1.20. The van der Waals surface area contributed by atoms with Crippen LogP contribution in [0, 0.1) is 0 Å². The van der Waals surface area contributed by atoms with Gasteiger partial charge >= 0.3 is 5.97 Å². The van der Waals surface area contributed by atoms with E-state index in [1.807, 2.05) is 12.1 Å². The first-order valence-corrected chi connectivity index (χ1v) is 8.08. The van der Waals surface area contributed by atoms with Gasteiger partial charge in [-0.2, -0.15) is 0 Å². The van der Waals surface area contributed by atoms with Crippen LogP contribution in [0.25, 0.3) is 0 Å². The maximum absolute atomic E-state index is 12.2. The highest BCUT2D eigenvalue weighted by atomic mass is 35.5. The first kappa shape index (κ1) is 17.9. The smallest absolute Gasteiger partial charge is 0.329 e. The molecule has 1 amide bonds. The molecule has 0 bridgehead atoms. The quantitative estimate of drug-likeness (QED) is 0.750. The summed E-state index contributed by atoms with van der Waals surface area (Å²) in [6.45, 7) is 5.27. The third-order valence-electron chi connectivity index (χ3n) is 3.47. The minimum atomic E-state index is -1.19. The highest BCUT2D eigenvalue weighted by Crippen LogP contribution is 2.26. The number of carboxylic acid groups (broad SMARTS) is 1. The highest BCUT2D eigenvalue weighted by molar-refractivity contribution is 8.00. The molecular weight excluding hydrogens is 310 g/mol. The van der Waals surface area contributed by atoms with Crippen LogP contribution in [-0.4, -0.2) is 27.8 Å². The number of rotatable bonds is 7. The number of carboxylic acids is 1. The Kier molecular flexibility index (Phi) is 6.55. The van der Waals surface area contributed by atoms with Crippen molar-refractivity contribution in [1.82, 2.24) is 5.32 Å². The normalized spacial score (nSPS) is 12.8.